The molecule has 192 valence electrons. The molecule has 0 unspecified atom stereocenters. The summed E-state index contributed by atoms with van der Waals surface area (Å²) >= 11 is 0. The smallest absolute Gasteiger partial charge is 0.399 e. The molecule has 1 aliphatic heterocycles. The van der Waals surface area contributed by atoms with Crippen LogP contribution >= 0.6 is 0 Å². The Kier molecular flexibility index (Phi) is 6.48. The highest BCUT2D eigenvalue weighted by molar-refractivity contribution is 7.90. The van der Waals surface area contributed by atoms with E-state index in [9.17, 15) is 17.6 Å². The first-order valence-electron chi connectivity index (χ1n) is 11.3. The third-order valence-corrected chi connectivity index (χ3v) is 8.29. The van der Waals surface area contributed by atoms with Gasteiger partial charge in [0.2, 0.25) is 5.78 Å². The number of benzene rings is 1. The molecular weight excluding hydrogens is 493 g/mol. The number of rotatable bonds is 7. The Morgan fingerprint density at radius 1 is 1.19 bits per heavy atom. The Labute approximate surface area is 208 Å². The SMILES string of the molecule is CCN(C)S(=O)(=O)Nc1ccc(F)c(C(=O)c2c[nH]c3ncc(B4OC(C)(C)C(C)(C)O4)cc23)c1F. The number of hydrogen-bond acceptors (Lipinski definition) is 6. The van der Waals surface area contributed by atoms with Crippen LogP contribution in [-0.4, -0.2) is 60.4 Å². The number of nitrogens with one attached hydrogen (secondary N) is 2. The Morgan fingerprint density at radius 3 is 2.44 bits per heavy atom. The van der Waals surface area contributed by atoms with Crippen molar-refractivity contribution < 1.29 is 31.3 Å². The number of ketones is 1. The third-order valence-electron chi connectivity index (χ3n) is 6.74. The van der Waals surface area contributed by atoms with Gasteiger partial charge in [0.25, 0.3) is 0 Å². The molecule has 13 heteroatoms. The number of aromatic nitrogens is 2. The quantitative estimate of drug-likeness (QED) is 0.366. The first-order valence-corrected chi connectivity index (χ1v) is 12.7. The van der Waals surface area contributed by atoms with Crippen molar-refractivity contribution >= 4 is 45.3 Å². The van der Waals surface area contributed by atoms with Crippen LogP contribution in [0.15, 0.2) is 30.6 Å². The topological polar surface area (TPSA) is 114 Å². The molecule has 9 nitrogen and oxygen atoms in total. The predicted molar refractivity (Wildman–Crippen MR) is 132 cm³/mol. The van der Waals surface area contributed by atoms with E-state index in [4.69, 9.17) is 9.31 Å². The molecule has 1 aliphatic rings. The summed E-state index contributed by atoms with van der Waals surface area (Å²) in [4.78, 5) is 20.5. The third kappa shape index (κ3) is 4.40. The molecule has 0 spiro atoms. The molecule has 2 N–H and O–H groups in total. The van der Waals surface area contributed by atoms with E-state index in [2.05, 4.69) is 14.7 Å². The summed E-state index contributed by atoms with van der Waals surface area (Å²) in [5.41, 5.74) is -1.84. The fourth-order valence-corrected chi connectivity index (χ4v) is 4.61. The number of carbonyl (C=O) groups is 1. The number of fused-ring (bicyclic) bond motifs is 1. The molecule has 0 saturated carbocycles. The molecule has 2 aromatic heterocycles. The number of aromatic amines is 1. The van der Waals surface area contributed by atoms with Crippen molar-refractivity contribution in [2.24, 2.45) is 0 Å². The van der Waals surface area contributed by atoms with E-state index < -0.39 is 57.2 Å². The summed E-state index contributed by atoms with van der Waals surface area (Å²) in [5, 5.41) is 0.308. The fraction of sp³-hybridized carbons (Fsp3) is 0.391. The maximum atomic E-state index is 15.3. The van der Waals surface area contributed by atoms with Gasteiger partial charge in [0, 0.05) is 42.4 Å². The highest BCUT2D eigenvalue weighted by atomic mass is 32.2. The number of halogens is 2. The maximum absolute atomic E-state index is 15.3. The molecule has 0 bridgehead atoms. The zero-order chi connectivity index (χ0) is 26.6. The lowest BCUT2D eigenvalue weighted by atomic mass is 9.79. The molecule has 1 fully saturated rings. The van der Waals surface area contributed by atoms with Gasteiger partial charge >= 0.3 is 17.3 Å². The molecular formula is C23H27BF2N4O5S. The van der Waals surface area contributed by atoms with E-state index in [0.29, 0.717) is 16.5 Å². The van der Waals surface area contributed by atoms with Gasteiger partial charge in [-0.15, -0.1) is 0 Å². The monoisotopic (exact) mass is 520 g/mol. The summed E-state index contributed by atoms with van der Waals surface area (Å²) in [6.07, 6.45) is 2.84. The first-order chi connectivity index (χ1) is 16.7. The van der Waals surface area contributed by atoms with Crippen LogP contribution < -0.4 is 10.2 Å². The highest BCUT2D eigenvalue weighted by Crippen LogP contribution is 2.36. The van der Waals surface area contributed by atoms with Crippen molar-refractivity contribution in [2.75, 3.05) is 18.3 Å². The van der Waals surface area contributed by atoms with Gasteiger partial charge in [-0.1, -0.05) is 6.92 Å². The molecule has 36 heavy (non-hydrogen) atoms. The minimum atomic E-state index is -4.10. The summed E-state index contributed by atoms with van der Waals surface area (Å²) < 4.78 is 69.8. The largest absolute Gasteiger partial charge is 0.496 e. The van der Waals surface area contributed by atoms with Gasteiger partial charge in [0.05, 0.1) is 22.5 Å². The van der Waals surface area contributed by atoms with Gasteiger partial charge in [0.15, 0.2) is 5.82 Å². The average molecular weight is 520 g/mol. The molecule has 1 aromatic carbocycles. The van der Waals surface area contributed by atoms with Crippen LogP contribution in [0.3, 0.4) is 0 Å². The average Bonchev–Trinajstić information content (AvgIpc) is 3.31. The molecule has 0 radical (unpaired) electrons. The summed E-state index contributed by atoms with van der Waals surface area (Å²) in [7, 11) is -3.56. The first kappa shape index (κ1) is 26.2. The maximum Gasteiger partial charge on any atom is 0.496 e. The number of H-pyrrole nitrogens is 1. The van der Waals surface area contributed by atoms with Crippen molar-refractivity contribution in [1.29, 1.82) is 0 Å². The van der Waals surface area contributed by atoms with Crippen molar-refractivity contribution in [3.63, 3.8) is 0 Å². The van der Waals surface area contributed by atoms with E-state index in [1.807, 2.05) is 27.7 Å². The van der Waals surface area contributed by atoms with Gasteiger partial charge in [-0.25, -0.2) is 13.8 Å². The fourth-order valence-electron chi connectivity index (χ4n) is 3.68. The zero-order valence-corrected chi connectivity index (χ0v) is 21.6. The Hall–Kier alpha value is -2.87. The lowest BCUT2D eigenvalue weighted by Gasteiger charge is -2.32. The van der Waals surface area contributed by atoms with Gasteiger partial charge in [-0.3, -0.25) is 9.52 Å². The van der Waals surface area contributed by atoms with Crippen LogP contribution in [0, 0.1) is 11.6 Å². The van der Waals surface area contributed by atoms with Crippen LogP contribution in [0.2, 0.25) is 0 Å². The van der Waals surface area contributed by atoms with Crippen LogP contribution in [0.5, 0.6) is 0 Å². The van der Waals surface area contributed by atoms with E-state index in [1.165, 1.54) is 19.4 Å². The number of nitrogens with zero attached hydrogens (tertiary/aromatic N) is 2. The van der Waals surface area contributed by atoms with Gasteiger partial charge in [-0.05, 0) is 45.9 Å². The van der Waals surface area contributed by atoms with Crippen molar-refractivity contribution in [2.45, 2.75) is 45.8 Å². The van der Waals surface area contributed by atoms with E-state index in [0.717, 1.165) is 16.4 Å². The second kappa shape index (κ2) is 8.91. The van der Waals surface area contributed by atoms with Crippen LogP contribution in [0.1, 0.15) is 50.5 Å². The molecule has 3 aromatic rings. The van der Waals surface area contributed by atoms with Crippen LogP contribution in [0.4, 0.5) is 14.5 Å². The summed E-state index contributed by atoms with van der Waals surface area (Å²) in [5.74, 6) is -3.43. The van der Waals surface area contributed by atoms with E-state index in [1.54, 1.807) is 13.0 Å². The minimum Gasteiger partial charge on any atom is -0.399 e. The Bertz CT molecular complexity index is 1440. The Morgan fingerprint density at radius 2 is 1.83 bits per heavy atom. The van der Waals surface area contributed by atoms with Crippen molar-refractivity contribution in [1.82, 2.24) is 14.3 Å². The second-order valence-corrected chi connectivity index (χ2v) is 11.4. The normalized spacial score (nSPS) is 17.2. The van der Waals surface area contributed by atoms with Gasteiger partial charge in [0.1, 0.15) is 11.5 Å². The van der Waals surface area contributed by atoms with Crippen molar-refractivity contribution in [3.8, 4) is 0 Å². The molecule has 3 heterocycles. The number of hydrogen-bond donors (Lipinski definition) is 2. The zero-order valence-electron chi connectivity index (χ0n) is 20.8. The van der Waals surface area contributed by atoms with Crippen LogP contribution in [-0.2, 0) is 19.5 Å². The Balaban J connectivity index is 1.74. The van der Waals surface area contributed by atoms with E-state index >= 15 is 4.39 Å². The lowest BCUT2D eigenvalue weighted by Crippen LogP contribution is -2.41. The summed E-state index contributed by atoms with van der Waals surface area (Å²) in [6, 6.07) is 3.38. The highest BCUT2D eigenvalue weighted by Gasteiger charge is 2.52. The predicted octanol–water partition coefficient (Wildman–Crippen LogP) is 2.98. The standard InChI is InChI=1S/C23H27BF2N4O5S/c1-7-30(6)36(32,33)29-17-9-8-16(25)18(19(17)26)20(31)15-12-28-21-14(15)10-13(11-27-21)24-34-22(2,3)23(4,5)35-24/h8-12,29H,7H2,1-6H3,(H,27,28). The number of pyridine rings is 1. The van der Waals surface area contributed by atoms with Gasteiger partial charge < -0.3 is 14.3 Å². The molecule has 0 aliphatic carbocycles. The second-order valence-electron chi connectivity index (χ2n) is 9.59. The molecule has 0 amide bonds. The van der Waals surface area contributed by atoms with E-state index in [-0.39, 0.29) is 12.1 Å². The molecule has 4 rings (SSSR count). The molecule has 0 atom stereocenters. The number of carbonyl (C=O) groups excluding carboxylic acids is 1. The lowest BCUT2D eigenvalue weighted by molar-refractivity contribution is 0.00578. The van der Waals surface area contributed by atoms with Crippen molar-refractivity contribution in [3.05, 3.63) is 53.4 Å². The minimum absolute atomic E-state index is 0.0423. The summed E-state index contributed by atoms with van der Waals surface area (Å²) in [6.45, 7) is 9.31. The number of anilines is 1. The van der Waals surface area contributed by atoms with Gasteiger partial charge in [-0.2, -0.15) is 12.7 Å². The molecule has 1 saturated heterocycles. The van der Waals surface area contributed by atoms with Crippen LogP contribution in [0.25, 0.3) is 11.0 Å².